The molecule has 0 saturated heterocycles. The van der Waals surface area contributed by atoms with Crippen molar-refractivity contribution in [3.05, 3.63) is 59.7 Å². The van der Waals surface area contributed by atoms with Gasteiger partial charge in [0.05, 0.1) is 12.1 Å². The molecule has 0 aliphatic rings. The minimum atomic E-state index is -1.69. The Hall–Kier alpha value is -3.75. The number of aryl methyl sites for hydroxylation is 1. The number of carbonyl (C=O) groups excluding carboxylic acids is 5. The number of nitrogens with one attached hydrogen (secondary N) is 2. The molecule has 54 heavy (non-hydrogen) atoms. The molecule has 2 aromatic rings. The van der Waals surface area contributed by atoms with Gasteiger partial charge in [0, 0.05) is 36.7 Å². The minimum absolute atomic E-state index is 0.104. The molecule has 0 aliphatic heterocycles. The molecule has 9 N–H and O–H groups in total. The van der Waals surface area contributed by atoms with Crippen LogP contribution in [0.2, 0.25) is 5.82 Å². The summed E-state index contributed by atoms with van der Waals surface area (Å²) < 4.78 is 0. The summed E-state index contributed by atoms with van der Waals surface area (Å²) in [4.78, 5) is 66.7. The number of aliphatic hydroxyl groups excluding tert-OH is 1. The van der Waals surface area contributed by atoms with Crippen LogP contribution in [0, 0.1) is 11.8 Å². The summed E-state index contributed by atoms with van der Waals surface area (Å²) in [7, 11) is -1.69. The third-order valence-electron chi connectivity index (χ3n) is 9.89. The van der Waals surface area contributed by atoms with Gasteiger partial charge in [-0.3, -0.25) is 24.0 Å². The molecular formula is C41H63BN4O8. The summed E-state index contributed by atoms with van der Waals surface area (Å²) in [6.07, 6.45) is 4.47. The number of carbonyl (C=O) groups is 5. The van der Waals surface area contributed by atoms with E-state index in [9.17, 15) is 39.1 Å². The van der Waals surface area contributed by atoms with E-state index in [1.54, 1.807) is 12.1 Å². The molecule has 6 atom stereocenters. The van der Waals surface area contributed by atoms with E-state index >= 15 is 0 Å². The van der Waals surface area contributed by atoms with Crippen LogP contribution in [0.5, 0.6) is 0 Å². The third kappa shape index (κ3) is 15.9. The van der Waals surface area contributed by atoms with E-state index in [4.69, 9.17) is 11.5 Å². The molecule has 2 rings (SSSR count). The molecule has 0 saturated carbocycles. The lowest BCUT2D eigenvalue weighted by atomic mass is 9.71. The van der Waals surface area contributed by atoms with Crippen LogP contribution in [0.15, 0.2) is 48.5 Å². The number of unbranched alkanes of at least 4 members (excludes halogenated alkanes) is 3. The van der Waals surface area contributed by atoms with E-state index in [1.807, 2.05) is 12.1 Å². The molecule has 298 valence electrons. The summed E-state index contributed by atoms with van der Waals surface area (Å²) >= 11 is 0. The maximum absolute atomic E-state index is 13.6. The van der Waals surface area contributed by atoms with Gasteiger partial charge in [0.2, 0.25) is 11.8 Å². The van der Waals surface area contributed by atoms with Crippen LogP contribution in [0.3, 0.4) is 0 Å². The van der Waals surface area contributed by atoms with E-state index in [2.05, 4.69) is 41.8 Å². The van der Waals surface area contributed by atoms with Gasteiger partial charge in [0.15, 0.2) is 17.3 Å². The van der Waals surface area contributed by atoms with Gasteiger partial charge in [0.1, 0.15) is 6.04 Å². The minimum Gasteiger partial charge on any atom is -0.427 e. The van der Waals surface area contributed by atoms with E-state index in [0.29, 0.717) is 57.2 Å². The van der Waals surface area contributed by atoms with Gasteiger partial charge in [-0.2, -0.15) is 0 Å². The fourth-order valence-electron chi connectivity index (χ4n) is 6.24. The van der Waals surface area contributed by atoms with E-state index in [-0.39, 0.29) is 30.8 Å². The third-order valence-corrected chi connectivity index (χ3v) is 9.89. The van der Waals surface area contributed by atoms with Gasteiger partial charge in [-0.05, 0) is 87.5 Å². The molecule has 1 unspecified atom stereocenters. The van der Waals surface area contributed by atoms with Gasteiger partial charge in [-0.15, -0.1) is 0 Å². The van der Waals surface area contributed by atoms with Crippen LogP contribution in [-0.2, 0) is 25.6 Å². The molecule has 0 fully saturated rings. The number of benzene rings is 2. The summed E-state index contributed by atoms with van der Waals surface area (Å²) in [5.41, 5.74) is 15.0. The maximum Gasteiger partial charge on any atom is 0.454 e. The first-order chi connectivity index (χ1) is 25.7. The van der Waals surface area contributed by atoms with Crippen molar-refractivity contribution in [3.8, 4) is 11.1 Å². The van der Waals surface area contributed by atoms with Gasteiger partial charge in [-0.1, -0.05) is 82.1 Å². The van der Waals surface area contributed by atoms with Crippen LogP contribution < -0.4 is 22.1 Å². The van der Waals surface area contributed by atoms with Gasteiger partial charge < -0.3 is 37.3 Å². The summed E-state index contributed by atoms with van der Waals surface area (Å²) in [6, 6.07) is 13.4. The molecule has 12 nitrogen and oxygen atoms in total. The SMILES string of the molecule is CCCCc1ccc(-c2ccc(C(=O)C[C@H](CCCCN)C(=O)N[C@H](C(=O)C[C@@H](C)C(=O)N[C@@H](CCCCN)C(=O)C[C@@H](C)B(O)O)C(C)O)cc2)cc1. The van der Waals surface area contributed by atoms with Crippen LogP contribution in [0.4, 0.5) is 0 Å². The normalized spacial score (nSPS) is 14.6. The second-order valence-corrected chi connectivity index (χ2v) is 14.7. The Balaban J connectivity index is 2.11. The number of nitrogens with two attached hydrogens (primary N) is 2. The van der Waals surface area contributed by atoms with Gasteiger partial charge >= 0.3 is 7.12 Å². The number of amides is 2. The number of ketones is 3. The Labute approximate surface area is 321 Å². The average Bonchev–Trinajstić information content (AvgIpc) is 3.15. The number of hydrogen-bond acceptors (Lipinski definition) is 10. The standard InChI is InChI=1S/C41H63BN4O8/c1-5-6-11-30-14-16-31(17-15-30)32-18-20-33(21-19-32)36(48)26-34(12-7-9-22-43)41(52)46-39(29(4)47)38(50)24-27(2)40(51)45-35(13-8-10-23-44)37(49)25-28(3)42(53)54/h14-21,27-29,34-35,39,47,53-54H,5-13,22-26,43-44H2,1-4H3,(H,45,51)(H,46,52)/t27-,28-,29?,34+,35+,39+/m1/s1. The summed E-state index contributed by atoms with van der Waals surface area (Å²) in [5, 5.41) is 34.8. The van der Waals surface area contributed by atoms with Crippen LogP contribution >= 0.6 is 0 Å². The van der Waals surface area contributed by atoms with Crippen molar-refractivity contribution in [2.45, 2.75) is 129 Å². The fraction of sp³-hybridized carbons (Fsp3) is 0.585. The van der Waals surface area contributed by atoms with Gasteiger partial charge in [0.25, 0.3) is 0 Å². The topological polar surface area (TPSA) is 222 Å². The van der Waals surface area contributed by atoms with Crippen molar-refractivity contribution < 1.29 is 39.1 Å². The zero-order chi connectivity index (χ0) is 40.2. The Morgan fingerprint density at radius 2 is 1.28 bits per heavy atom. The number of rotatable bonds is 27. The van der Waals surface area contributed by atoms with E-state index in [1.165, 1.54) is 26.3 Å². The quantitative estimate of drug-likeness (QED) is 0.0396. The highest BCUT2D eigenvalue weighted by atomic mass is 16.4. The largest absolute Gasteiger partial charge is 0.454 e. The second kappa shape index (κ2) is 24.6. The van der Waals surface area contributed by atoms with Crippen molar-refractivity contribution >= 4 is 36.3 Å². The first-order valence-corrected chi connectivity index (χ1v) is 19.5. The van der Waals surface area contributed by atoms with Crippen molar-refractivity contribution in [1.29, 1.82) is 0 Å². The maximum atomic E-state index is 13.6. The Morgan fingerprint density at radius 3 is 1.81 bits per heavy atom. The fourth-order valence-corrected chi connectivity index (χ4v) is 6.24. The molecule has 0 bridgehead atoms. The highest BCUT2D eigenvalue weighted by molar-refractivity contribution is 6.43. The number of hydrogen-bond donors (Lipinski definition) is 7. The van der Waals surface area contributed by atoms with Crippen molar-refractivity contribution in [1.82, 2.24) is 10.6 Å². The Bertz CT molecular complexity index is 1470. The van der Waals surface area contributed by atoms with Crippen molar-refractivity contribution in [3.63, 3.8) is 0 Å². The average molecular weight is 751 g/mol. The van der Waals surface area contributed by atoms with Crippen molar-refractivity contribution in [2.24, 2.45) is 23.3 Å². The molecule has 0 radical (unpaired) electrons. The second-order valence-electron chi connectivity index (χ2n) is 14.7. The summed E-state index contributed by atoms with van der Waals surface area (Å²) in [6.45, 7) is 7.38. The lowest BCUT2D eigenvalue weighted by Crippen LogP contribution is -2.51. The molecule has 0 heterocycles. The zero-order valence-electron chi connectivity index (χ0n) is 32.6. The molecule has 13 heteroatoms. The lowest BCUT2D eigenvalue weighted by Gasteiger charge is -2.25. The molecule has 0 aromatic heterocycles. The van der Waals surface area contributed by atoms with E-state index < -0.39 is 60.6 Å². The van der Waals surface area contributed by atoms with Crippen LogP contribution in [-0.4, -0.2) is 82.7 Å². The first-order valence-electron chi connectivity index (χ1n) is 19.5. The van der Waals surface area contributed by atoms with Crippen LogP contribution in [0.1, 0.15) is 114 Å². The highest BCUT2D eigenvalue weighted by Crippen LogP contribution is 2.24. The molecule has 0 aliphatic carbocycles. The summed E-state index contributed by atoms with van der Waals surface area (Å²) in [5.74, 6) is -4.73. The predicted octanol–water partition coefficient (Wildman–Crippen LogP) is 3.91. The lowest BCUT2D eigenvalue weighted by molar-refractivity contribution is -0.135. The smallest absolute Gasteiger partial charge is 0.427 e. The molecule has 2 aromatic carbocycles. The predicted molar refractivity (Wildman–Crippen MR) is 212 cm³/mol. The first kappa shape index (κ1) is 46.4. The molecular weight excluding hydrogens is 687 g/mol. The molecule has 0 spiro atoms. The molecule has 2 amide bonds. The van der Waals surface area contributed by atoms with Crippen molar-refractivity contribution in [2.75, 3.05) is 13.1 Å². The Morgan fingerprint density at radius 1 is 0.704 bits per heavy atom. The number of Topliss-reactive ketones (excluding diaryl/α,β-unsaturated/α-hetero) is 3. The monoisotopic (exact) mass is 750 g/mol. The van der Waals surface area contributed by atoms with Crippen LogP contribution in [0.25, 0.3) is 11.1 Å². The number of aliphatic hydroxyl groups is 1. The van der Waals surface area contributed by atoms with E-state index in [0.717, 1.165) is 30.4 Å². The Kier molecular flexibility index (Phi) is 21.2. The zero-order valence-corrected chi connectivity index (χ0v) is 32.6. The highest BCUT2D eigenvalue weighted by Gasteiger charge is 2.33. The van der Waals surface area contributed by atoms with Gasteiger partial charge in [-0.25, -0.2) is 0 Å².